The first-order valence-electron chi connectivity index (χ1n) is 7.38. The van der Waals surface area contributed by atoms with E-state index >= 15 is 0 Å². The number of nitro groups is 1. The number of non-ortho nitro benzene ring substituents is 1. The Kier molecular flexibility index (Phi) is 5.69. The number of esters is 1. The summed E-state index contributed by atoms with van der Waals surface area (Å²) in [4.78, 5) is 37.5. The average molecular weight is 337 g/mol. The molecule has 0 aromatic heterocycles. The minimum atomic E-state index is -0.768. The van der Waals surface area contributed by atoms with Crippen molar-refractivity contribution in [3.8, 4) is 0 Å². The van der Waals surface area contributed by atoms with Gasteiger partial charge >= 0.3 is 5.97 Å². The SMILES string of the molecule is CN(C)C(=O)COC(=O)c1cc([N+](=O)[O-])ccc1N1CCOCC1. The van der Waals surface area contributed by atoms with Crippen LogP contribution in [0.1, 0.15) is 10.4 Å². The van der Waals surface area contributed by atoms with E-state index in [-0.39, 0.29) is 17.2 Å². The molecule has 1 heterocycles. The molecular weight excluding hydrogens is 318 g/mol. The highest BCUT2D eigenvalue weighted by Gasteiger charge is 2.23. The van der Waals surface area contributed by atoms with Gasteiger partial charge < -0.3 is 19.3 Å². The summed E-state index contributed by atoms with van der Waals surface area (Å²) in [6.07, 6.45) is 0. The third-order valence-corrected chi connectivity index (χ3v) is 3.59. The van der Waals surface area contributed by atoms with Crippen molar-refractivity contribution in [2.24, 2.45) is 0 Å². The predicted octanol–water partition coefficient (Wildman–Crippen LogP) is 0.676. The van der Waals surface area contributed by atoms with Crippen molar-refractivity contribution >= 4 is 23.3 Å². The molecule has 1 aliphatic rings. The lowest BCUT2D eigenvalue weighted by atomic mass is 10.1. The number of carbonyl (C=O) groups excluding carboxylic acids is 2. The van der Waals surface area contributed by atoms with Crippen LogP contribution in [0.2, 0.25) is 0 Å². The van der Waals surface area contributed by atoms with Gasteiger partial charge in [0.05, 0.1) is 29.4 Å². The smallest absolute Gasteiger partial charge is 0.341 e. The van der Waals surface area contributed by atoms with Crippen LogP contribution in [0.3, 0.4) is 0 Å². The molecule has 0 saturated carbocycles. The monoisotopic (exact) mass is 337 g/mol. The number of amides is 1. The van der Waals surface area contributed by atoms with E-state index in [1.54, 1.807) is 14.1 Å². The zero-order valence-electron chi connectivity index (χ0n) is 13.6. The Morgan fingerprint density at radius 2 is 2.00 bits per heavy atom. The van der Waals surface area contributed by atoms with Crippen molar-refractivity contribution in [1.29, 1.82) is 0 Å². The lowest BCUT2D eigenvalue weighted by molar-refractivity contribution is -0.384. The van der Waals surface area contributed by atoms with Crippen LogP contribution in [-0.2, 0) is 14.3 Å². The van der Waals surface area contributed by atoms with Crippen LogP contribution < -0.4 is 4.90 Å². The molecule has 0 N–H and O–H groups in total. The molecule has 0 bridgehead atoms. The summed E-state index contributed by atoms with van der Waals surface area (Å²) in [6, 6.07) is 4.04. The van der Waals surface area contributed by atoms with Gasteiger partial charge in [-0.25, -0.2) is 4.79 Å². The maximum atomic E-state index is 12.3. The lowest BCUT2D eigenvalue weighted by Crippen LogP contribution is -2.37. The van der Waals surface area contributed by atoms with E-state index < -0.39 is 17.5 Å². The number of ether oxygens (including phenoxy) is 2. The van der Waals surface area contributed by atoms with Gasteiger partial charge in [-0.1, -0.05) is 0 Å². The molecule has 0 aliphatic carbocycles. The summed E-state index contributed by atoms with van der Waals surface area (Å²) in [7, 11) is 3.09. The van der Waals surface area contributed by atoms with Crippen molar-refractivity contribution in [3.05, 3.63) is 33.9 Å². The summed E-state index contributed by atoms with van der Waals surface area (Å²) in [6.45, 7) is 1.72. The molecule has 1 fully saturated rings. The van der Waals surface area contributed by atoms with Gasteiger partial charge in [0.15, 0.2) is 6.61 Å². The van der Waals surface area contributed by atoms with Gasteiger partial charge in [0.25, 0.3) is 11.6 Å². The molecule has 0 atom stereocenters. The number of hydrogen-bond donors (Lipinski definition) is 0. The highest BCUT2D eigenvalue weighted by Crippen LogP contribution is 2.27. The molecule has 9 nitrogen and oxygen atoms in total. The molecule has 24 heavy (non-hydrogen) atoms. The Labute approximate surface area is 138 Å². The molecule has 0 unspecified atom stereocenters. The van der Waals surface area contributed by atoms with Crippen molar-refractivity contribution in [2.45, 2.75) is 0 Å². The molecule has 0 radical (unpaired) electrons. The molecule has 9 heteroatoms. The predicted molar refractivity (Wildman–Crippen MR) is 85.1 cm³/mol. The van der Waals surface area contributed by atoms with E-state index in [0.717, 1.165) is 0 Å². The molecule has 1 saturated heterocycles. The highest BCUT2D eigenvalue weighted by atomic mass is 16.6. The van der Waals surface area contributed by atoms with Crippen LogP contribution in [-0.4, -0.2) is 68.7 Å². The third kappa shape index (κ3) is 4.19. The number of benzene rings is 1. The minimum Gasteiger partial charge on any atom is -0.452 e. The average Bonchev–Trinajstić information content (AvgIpc) is 2.59. The Hall–Kier alpha value is -2.68. The molecule has 1 aromatic rings. The summed E-state index contributed by atoms with van der Waals surface area (Å²) in [5.74, 6) is -1.14. The van der Waals surface area contributed by atoms with Crippen molar-refractivity contribution in [2.75, 3.05) is 51.9 Å². The second kappa shape index (κ2) is 7.73. The molecule has 0 spiro atoms. The first kappa shape index (κ1) is 17.7. The van der Waals surface area contributed by atoms with E-state index in [9.17, 15) is 19.7 Å². The van der Waals surface area contributed by atoms with Crippen molar-refractivity contribution in [3.63, 3.8) is 0 Å². The fourth-order valence-corrected chi connectivity index (χ4v) is 2.22. The molecular formula is C15H19N3O6. The number of nitro benzene ring substituents is 1. The second-order valence-electron chi connectivity index (χ2n) is 5.42. The summed E-state index contributed by atoms with van der Waals surface area (Å²) < 4.78 is 10.3. The van der Waals surface area contributed by atoms with Crippen LogP contribution in [0.5, 0.6) is 0 Å². The first-order valence-corrected chi connectivity index (χ1v) is 7.38. The molecule has 2 rings (SSSR count). The second-order valence-corrected chi connectivity index (χ2v) is 5.42. The van der Waals surface area contributed by atoms with Crippen LogP contribution in [0, 0.1) is 10.1 Å². The van der Waals surface area contributed by atoms with Gasteiger partial charge in [-0.2, -0.15) is 0 Å². The Morgan fingerprint density at radius 1 is 1.33 bits per heavy atom. The van der Waals surface area contributed by atoms with E-state index in [1.807, 2.05) is 4.90 Å². The molecule has 130 valence electrons. The van der Waals surface area contributed by atoms with Gasteiger partial charge in [-0.05, 0) is 6.07 Å². The van der Waals surface area contributed by atoms with Crippen molar-refractivity contribution in [1.82, 2.24) is 4.90 Å². The van der Waals surface area contributed by atoms with E-state index in [0.29, 0.717) is 32.0 Å². The molecule has 1 amide bonds. The van der Waals surface area contributed by atoms with Crippen LogP contribution in [0.4, 0.5) is 11.4 Å². The zero-order chi connectivity index (χ0) is 17.7. The largest absolute Gasteiger partial charge is 0.452 e. The van der Waals surface area contributed by atoms with Gasteiger partial charge in [0.2, 0.25) is 0 Å². The number of nitrogens with zero attached hydrogens (tertiary/aromatic N) is 3. The molecule has 1 aliphatic heterocycles. The number of carbonyl (C=O) groups is 2. The maximum Gasteiger partial charge on any atom is 0.341 e. The first-order chi connectivity index (χ1) is 11.4. The summed E-state index contributed by atoms with van der Waals surface area (Å²) >= 11 is 0. The number of anilines is 1. The number of likely N-dealkylation sites (N-methyl/N-ethyl adjacent to an activating group) is 1. The van der Waals surface area contributed by atoms with E-state index in [4.69, 9.17) is 9.47 Å². The van der Waals surface area contributed by atoms with E-state index in [2.05, 4.69) is 0 Å². The van der Waals surface area contributed by atoms with E-state index in [1.165, 1.54) is 23.1 Å². The standard InChI is InChI=1S/C15H19N3O6/c1-16(2)14(19)10-24-15(20)12-9-11(18(21)22)3-4-13(12)17-5-7-23-8-6-17/h3-4,9H,5-8,10H2,1-2H3. The normalized spacial score (nSPS) is 14.2. The zero-order valence-corrected chi connectivity index (χ0v) is 13.6. The van der Waals surface area contributed by atoms with Crippen LogP contribution in [0.25, 0.3) is 0 Å². The number of rotatable bonds is 5. The highest BCUT2D eigenvalue weighted by molar-refractivity contribution is 5.97. The van der Waals surface area contributed by atoms with Crippen molar-refractivity contribution < 1.29 is 24.0 Å². The summed E-state index contributed by atoms with van der Waals surface area (Å²) in [5.41, 5.74) is 0.391. The minimum absolute atomic E-state index is 0.0673. The Balaban J connectivity index is 2.26. The Morgan fingerprint density at radius 3 is 2.58 bits per heavy atom. The third-order valence-electron chi connectivity index (χ3n) is 3.59. The Bertz CT molecular complexity index is 640. The maximum absolute atomic E-state index is 12.3. The van der Waals surface area contributed by atoms with Crippen LogP contribution >= 0.6 is 0 Å². The van der Waals surface area contributed by atoms with Gasteiger partial charge in [-0.3, -0.25) is 14.9 Å². The molecule has 1 aromatic carbocycles. The van der Waals surface area contributed by atoms with Gasteiger partial charge in [0, 0.05) is 39.3 Å². The lowest BCUT2D eigenvalue weighted by Gasteiger charge is -2.30. The number of hydrogen-bond acceptors (Lipinski definition) is 7. The topological polar surface area (TPSA) is 102 Å². The van der Waals surface area contributed by atoms with Gasteiger partial charge in [-0.15, -0.1) is 0 Å². The fourth-order valence-electron chi connectivity index (χ4n) is 2.22. The quantitative estimate of drug-likeness (QED) is 0.442. The van der Waals surface area contributed by atoms with Gasteiger partial charge in [0.1, 0.15) is 0 Å². The number of morpholine rings is 1. The fraction of sp³-hybridized carbons (Fsp3) is 0.467. The van der Waals surface area contributed by atoms with Crippen LogP contribution in [0.15, 0.2) is 18.2 Å². The summed E-state index contributed by atoms with van der Waals surface area (Å²) in [5, 5.41) is 11.0.